The summed E-state index contributed by atoms with van der Waals surface area (Å²) in [5.74, 6) is 0.889. The average molecular weight is 289 g/mol. The fourth-order valence-electron chi connectivity index (χ4n) is 1.80. The van der Waals surface area contributed by atoms with Gasteiger partial charge in [-0.3, -0.25) is 10.1 Å². The number of aromatic nitrogens is 1. The number of hydrogen-bond donors (Lipinski definition) is 1. The lowest BCUT2D eigenvalue weighted by Crippen LogP contribution is -2.07. The second kappa shape index (κ2) is 6.19. The van der Waals surface area contributed by atoms with Gasteiger partial charge in [-0.2, -0.15) is 0 Å². The van der Waals surface area contributed by atoms with Crippen LogP contribution in [0.25, 0.3) is 0 Å². The monoisotopic (exact) mass is 289 g/mol. The van der Waals surface area contributed by atoms with Crippen LogP contribution in [-0.4, -0.2) is 17.0 Å². The molecule has 1 aromatic heterocycles. The number of nitro groups is 1. The summed E-state index contributed by atoms with van der Waals surface area (Å²) in [4.78, 5) is 14.5. The Morgan fingerprint density at radius 2 is 2.10 bits per heavy atom. The van der Waals surface area contributed by atoms with Gasteiger partial charge in [-0.25, -0.2) is 4.98 Å². The van der Waals surface area contributed by atoms with Crippen LogP contribution in [-0.2, 0) is 0 Å². The summed E-state index contributed by atoms with van der Waals surface area (Å²) in [5.41, 5.74) is 6.46. The van der Waals surface area contributed by atoms with E-state index in [0.717, 1.165) is 0 Å². The Balaban J connectivity index is 2.43. The fraction of sp³-hybridized carbons (Fsp3) is 0.214. The lowest BCUT2D eigenvalue weighted by molar-refractivity contribution is -0.384. The highest BCUT2D eigenvalue weighted by atomic mass is 16.6. The van der Waals surface area contributed by atoms with Crippen molar-refractivity contribution < 1.29 is 14.4 Å². The summed E-state index contributed by atoms with van der Waals surface area (Å²) in [6.07, 6.45) is 1.56. The van der Waals surface area contributed by atoms with Gasteiger partial charge in [0.05, 0.1) is 18.1 Å². The van der Waals surface area contributed by atoms with Crippen LogP contribution in [0.3, 0.4) is 0 Å². The van der Waals surface area contributed by atoms with E-state index in [-0.39, 0.29) is 17.5 Å². The zero-order chi connectivity index (χ0) is 15.4. The Kier molecular flexibility index (Phi) is 4.34. The van der Waals surface area contributed by atoms with Crippen LogP contribution in [0.5, 0.6) is 17.4 Å². The third-order valence-corrected chi connectivity index (χ3v) is 2.86. The number of benzene rings is 1. The second-order valence-electron chi connectivity index (χ2n) is 4.38. The minimum Gasteiger partial charge on any atom is -0.493 e. The molecule has 21 heavy (non-hydrogen) atoms. The molecule has 1 aromatic carbocycles. The zero-order valence-electron chi connectivity index (χ0n) is 11.6. The molecule has 2 rings (SSSR count). The third kappa shape index (κ3) is 3.26. The average Bonchev–Trinajstić information content (AvgIpc) is 2.47. The first-order valence-corrected chi connectivity index (χ1v) is 6.23. The molecular formula is C14H15N3O4. The lowest BCUT2D eigenvalue weighted by Gasteiger charge is -2.14. The molecule has 7 heteroatoms. The quantitative estimate of drug-likeness (QED) is 0.671. The van der Waals surface area contributed by atoms with Gasteiger partial charge < -0.3 is 15.2 Å². The zero-order valence-corrected chi connectivity index (χ0v) is 11.6. The molecule has 7 nitrogen and oxygen atoms in total. The molecule has 1 atom stereocenters. The lowest BCUT2D eigenvalue weighted by atomic mass is 10.1. The van der Waals surface area contributed by atoms with Crippen molar-refractivity contribution >= 4 is 5.69 Å². The Morgan fingerprint density at radius 1 is 1.33 bits per heavy atom. The van der Waals surface area contributed by atoms with Crippen LogP contribution >= 0.6 is 0 Å². The Hall–Kier alpha value is -2.67. The largest absolute Gasteiger partial charge is 0.493 e. The summed E-state index contributed by atoms with van der Waals surface area (Å²) in [5, 5.41) is 10.9. The molecule has 110 valence electrons. The Morgan fingerprint density at radius 3 is 2.71 bits per heavy atom. The number of nitro benzene ring substituents is 1. The maximum absolute atomic E-state index is 10.9. The van der Waals surface area contributed by atoms with E-state index in [1.54, 1.807) is 25.3 Å². The molecule has 2 aromatic rings. The fourth-order valence-corrected chi connectivity index (χ4v) is 1.80. The van der Waals surface area contributed by atoms with Gasteiger partial charge in [0.2, 0.25) is 5.88 Å². The van der Waals surface area contributed by atoms with Gasteiger partial charge in [0.1, 0.15) is 0 Å². The van der Waals surface area contributed by atoms with Crippen molar-refractivity contribution in [2.75, 3.05) is 7.11 Å². The minimum atomic E-state index is -0.503. The van der Waals surface area contributed by atoms with E-state index in [2.05, 4.69) is 4.98 Å². The van der Waals surface area contributed by atoms with E-state index in [4.69, 9.17) is 15.2 Å². The number of methoxy groups -OCH3 is 1. The summed E-state index contributed by atoms with van der Waals surface area (Å²) >= 11 is 0. The molecule has 0 aliphatic rings. The number of ether oxygens (including phenoxy) is 2. The van der Waals surface area contributed by atoms with E-state index < -0.39 is 4.92 Å². The molecule has 2 N–H and O–H groups in total. The number of rotatable bonds is 5. The first-order valence-electron chi connectivity index (χ1n) is 6.23. The van der Waals surface area contributed by atoms with Crippen LogP contribution in [0.15, 0.2) is 36.5 Å². The summed E-state index contributed by atoms with van der Waals surface area (Å²) in [7, 11) is 1.46. The number of non-ortho nitro benzene ring substituents is 1. The molecule has 0 fully saturated rings. The van der Waals surface area contributed by atoms with E-state index in [1.165, 1.54) is 25.3 Å². The van der Waals surface area contributed by atoms with E-state index in [9.17, 15) is 10.1 Å². The van der Waals surface area contributed by atoms with Gasteiger partial charge in [-0.05, 0) is 19.1 Å². The minimum absolute atomic E-state index is 0.0934. The molecule has 0 spiro atoms. The standard InChI is InChI=1S/C14H15N3O4/c1-9(15)11-4-3-7-16-14(11)21-13-8-10(17(18)19)5-6-12(13)20-2/h3-9H,15H2,1-2H3/t9-/m1/s1. The van der Waals surface area contributed by atoms with Crippen LogP contribution in [0.2, 0.25) is 0 Å². The number of nitrogens with zero attached hydrogens (tertiary/aromatic N) is 2. The maximum Gasteiger partial charge on any atom is 0.273 e. The van der Waals surface area contributed by atoms with Crippen molar-refractivity contribution in [1.82, 2.24) is 4.98 Å². The highest BCUT2D eigenvalue weighted by Gasteiger charge is 2.16. The molecule has 0 aliphatic carbocycles. The van der Waals surface area contributed by atoms with Crippen LogP contribution in [0.1, 0.15) is 18.5 Å². The van der Waals surface area contributed by atoms with Crippen LogP contribution in [0.4, 0.5) is 5.69 Å². The summed E-state index contributed by atoms with van der Waals surface area (Å²) in [6, 6.07) is 7.36. The SMILES string of the molecule is COc1ccc([N+](=O)[O-])cc1Oc1ncccc1[C@@H](C)N. The number of hydrogen-bond acceptors (Lipinski definition) is 6. The van der Waals surface area contributed by atoms with Crippen molar-refractivity contribution in [3.8, 4) is 17.4 Å². The Labute approximate surface area is 121 Å². The summed E-state index contributed by atoms with van der Waals surface area (Å²) < 4.78 is 10.8. The second-order valence-corrected chi connectivity index (χ2v) is 4.38. The van der Waals surface area contributed by atoms with Gasteiger partial charge >= 0.3 is 0 Å². The molecule has 0 bridgehead atoms. The number of pyridine rings is 1. The normalized spacial score (nSPS) is 11.8. The first-order chi connectivity index (χ1) is 10.0. The van der Waals surface area contributed by atoms with Gasteiger partial charge in [-0.1, -0.05) is 6.07 Å². The molecule has 0 amide bonds. The van der Waals surface area contributed by atoms with Gasteiger partial charge in [-0.15, -0.1) is 0 Å². The third-order valence-electron chi connectivity index (χ3n) is 2.86. The van der Waals surface area contributed by atoms with E-state index in [1.807, 2.05) is 0 Å². The van der Waals surface area contributed by atoms with E-state index >= 15 is 0 Å². The molecule has 0 aliphatic heterocycles. The topological polar surface area (TPSA) is 101 Å². The maximum atomic E-state index is 10.9. The highest BCUT2D eigenvalue weighted by molar-refractivity contribution is 5.50. The molecule has 0 radical (unpaired) electrons. The molecule has 0 saturated carbocycles. The smallest absolute Gasteiger partial charge is 0.273 e. The predicted molar refractivity (Wildman–Crippen MR) is 76.6 cm³/mol. The number of nitrogens with two attached hydrogens (primary N) is 1. The van der Waals surface area contributed by atoms with Crippen molar-refractivity contribution in [3.63, 3.8) is 0 Å². The van der Waals surface area contributed by atoms with E-state index in [0.29, 0.717) is 17.2 Å². The van der Waals surface area contributed by atoms with Crippen molar-refractivity contribution in [1.29, 1.82) is 0 Å². The van der Waals surface area contributed by atoms with Crippen LogP contribution in [0, 0.1) is 10.1 Å². The highest BCUT2D eigenvalue weighted by Crippen LogP contribution is 2.35. The molecular weight excluding hydrogens is 274 g/mol. The van der Waals surface area contributed by atoms with Crippen molar-refractivity contribution in [2.45, 2.75) is 13.0 Å². The van der Waals surface area contributed by atoms with Gasteiger partial charge in [0.25, 0.3) is 5.69 Å². The van der Waals surface area contributed by atoms with Gasteiger partial charge in [0.15, 0.2) is 11.5 Å². The van der Waals surface area contributed by atoms with Crippen molar-refractivity contribution in [2.24, 2.45) is 5.73 Å². The Bertz CT molecular complexity index is 658. The molecule has 0 unspecified atom stereocenters. The first kappa shape index (κ1) is 14.7. The van der Waals surface area contributed by atoms with Crippen molar-refractivity contribution in [3.05, 3.63) is 52.2 Å². The van der Waals surface area contributed by atoms with Crippen LogP contribution < -0.4 is 15.2 Å². The predicted octanol–water partition coefficient (Wildman–Crippen LogP) is 2.81. The molecule has 0 saturated heterocycles. The summed E-state index contributed by atoms with van der Waals surface area (Å²) in [6.45, 7) is 1.80. The van der Waals surface area contributed by atoms with Gasteiger partial charge in [0, 0.05) is 23.9 Å². The molecule has 1 heterocycles.